The standard InChI is InChI=1S/C15H16S2/c1-9-8-12-13(11-6-4-3-5-7-11)10(2)17-15(12)14(9)16/h3-8,12,14-16H,1-2H3. The van der Waals surface area contributed by atoms with Crippen LogP contribution in [0.15, 0.2) is 46.9 Å². The van der Waals surface area contributed by atoms with Crippen molar-refractivity contribution in [2.75, 3.05) is 0 Å². The molecule has 1 aromatic carbocycles. The second-order valence-corrected chi connectivity index (χ2v) is 6.75. The molecule has 2 heteroatoms. The third kappa shape index (κ3) is 1.78. The molecule has 0 amide bonds. The van der Waals surface area contributed by atoms with Gasteiger partial charge in [-0.25, -0.2) is 0 Å². The van der Waals surface area contributed by atoms with Gasteiger partial charge in [0, 0.05) is 16.4 Å². The Bertz CT molecular complexity index is 499. The Morgan fingerprint density at radius 1 is 1.12 bits per heavy atom. The summed E-state index contributed by atoms with van der Waals surface area (Å²) in [7, 11) is 0. The Hall–Kier alpha value is -0.600. The lowest BCUT2D eigenvalue weighted by molar-refractivity contribution is 0.831. The number of fused-ring (bicyclic) bond motifs is 1. The first kappa shape index (κ1) is 11.5. The van der Waals surface area contributed by atoms with Crippen LogP contribution >= 0.6 is 24.4 Å². The first-order valence-electron chi connectivity index (χ1n) is 5.97. The molecule has 3 rings (SSSR count). The van der Waals surface area contributed by atoms with E-state index in [1.54, 1.807) is 0 Å². The van der Waals surface area contributed by atoms with Crippen molar-refractivity contribution >= 4 is 30.0 Å². The minimum absolute atomic E-state index is 0.418. The highest BCUT2D eigenvalue weighted by Gasteiger charge is 2.41. The van der Waals surface area contributed by atoms with Crippen LogP contribution in [0.25, 0.3) is 5.57 Å². The van der Waals surface area contributed by atoms with Gasteiger partial charge in [-0.05, 0) is 29.9 Å². The molecule has 1 aliphatic carbocycles. The van der Waals surface area contributed by atoms with Crippen molar-refractivity contribution in [3.8, 4) is 0 Å². The first-order valence-corrected chi connectivity index (χ1v) is 7.37. The quantitative estimate of drug-likeness (QED) is 0.576. The fraction of sp³-hybridized carbons (Fsp3) is 0.333. The van der Waals surface area contributed by atoms with Gasteiger partial charge in [0.05, 0.1) is 0 Å². The normalized spacial score (nSPS) is 31.7. The second kappa shape index (κ2) is 4.25. The van der Waals surface area contributed by atoms with E-state index in [4.69, 9.17) is 12.6 Å². The summed E-state index contributed by atoms with van der Waals surface area (Å²) in [5.74, 6) is 0.560. The Labute approximate surface area is 113 Å². The summed E-state index contributed by atoms with van der Waals surface area (Å²) in [6.45, 7) is 4.45. The van der Waals surface area contributed by atoms with E-state index in [0.717, 1.165) is 0 Å². The van der Waals surface area contributed by atoms with E-state index in [1.165, 1.54) is 21.6 Å². The number of rotatable bonds is 1. The van der Waals surface area contributed by atoms with Crippen molar-refractivity contribution in [3.63, 3.8) is 0 Å². The molecule has 0 nitrogen and oxygen atoms in total. The predicted molar refractivity (Wildman–Crippen MR) is 80.4 cm³/mol. The van der Waals surface area contributed by atoms with E-state index in [2.05, 4.69) is 50.3 Å². The highest BCUT2D eigenvalue weighted by Crippen LogP contribution is 2.53. The topological polar surface area (TPSA) is 0 Å². The Morgan fingerprint density at radius 2 is 1.82 bits per heavy atom. The smallest absolute Gasteiger partial charge is 0.0355 e. The number of thiol groups is 1. The van der Waals surface area contributed by atoms with Crippen molar-refractivity contribution in [3.05, 3.63) is 52.4 Å². The second-order valence-electron chi connectivity index (χ2n) is 4.80. The van der Waals surface area contributed by atoms with Crippen molar-refractivity contribution < 1.29 is 0 Å². The van der Waals surface area contributed by atoms with E-state index >= 15 is 0 Å². The average Bonchev–Trinajstić information content (AvgIpc) is 2.78. The minimum Gasteiger partial charge on any atom is -0.170 e. The number of hydrogen-bond acceptors (Lipinski definition) is 2. The van der Waals surface area contributed by atoms with Crippen LogP contribution in [0, 0.1) is 5.92 Å². The van der Waals surface area contributed by atoms with Gasteiger partial charge in [-0.3, -0.25) is 0 Å². The van der Waals surface area contributed by atoms with Gasteiger partial charge in [0.25, 0.3) is 0 Å². The summed E-state index contributed by atoms with van der Waals surface area (Å²) in [4.78, 5) is 1.47. The fourth-order valence-corrected chi connectivity index (χ4v) is 4.78. The third-order valence-corrected chi connectivity index (χ3v) is 6.03. The molecule has 0 N–H and O–H groups in total. The first-order chi connectivity index (χ1) is 8.18. The van der Waals surface area contributed by atoms with Crippen LogP contribution < -0.4 is 0 Å². The molecular weight excluding hydrogens is 244 g/mol. The third-order valence-electron chi connectivity index (χ3n) is 3.68. The molecule has 3 atom stereocenters. The Kier molecular flexibility index (Phi) is 2.87. The molecule has 3 unspecified atom stereocenters. The average molecular weight is 260 g/mol. The lowest BCUT2D eigenvalue weighted by Gasteiger charge is -2.16. The summed E-state index contributed by atoms with van der Waals surface area (Å²) in [6, 6.07) is 10.8. The molecule has 1 aromatic rings. The van der Waals surface area contributed by atoms with Crippen molar-refractivity contribution in [1.82, 2.24) is 0 Å². The van der Waals surface area contributed by atoms with E-state index in [1.807, 2.05) is 11.8 Å². The zero-order valence-electron chi connectivity index (χ0n) is 10.1. The van der Waals surface area contributed by atoms with Gasteiger partial charge in [-0.2, -0.15) is 12.6 Å². The van der Waals surface area contributed by atoms with Gasteiger partial charge >= 0.3 is 0 Å². The Morgan fingerprint density at radius 3 is 2.53 bits per heavy atom. The van der Waals surface area contributed by atoms with E-state index in [9.17, 15) is 0 Å². The Balaban J connectivity index is 2.04. The number of thioether (sulfide) groups is 1. The molecule has 17 heavy (non-hydrogen) atoms. The monoisotopic (exact) mass is 260 g/mol. The maximum absolute atomic E-state index is 4.74. The molecule has 2 aliphatic rings. The maximum atomic E-state index is 4.74. The molecule has 0 radical (unpaired) electrons. The van der Waals surface area contributed by atoms with E-state index < -0.39 is 0 Å². The van der Waals surface area contributed by atoms with Gasteiger partial charge in [0.15, 0.2) is 0 Å². The number of hydrogen-bond donors (Lipinski definition) is 1. The molecule has 0 bridgehead atoms. The molecule has 1 heterocycles. The van der Waals surface area contributed by atoms with Gasteiger partial charge in [0.2, 0.25) is 0 Å². The lowest BCUT2D eigenvalue weighted by atomic mass is 9.92. The van der Waals surface area contributed by atoms with Crippen LogP contribution in [0.3, 0.4) is 0 Å². The van der Waals surface area contributed by atoms with Crippen LogP contribution in [-0.4, -0.2) is 10.5 Å². The molecule has 0 saturated carbocycles. The summed E-state index contributed by atoms with van der Waals surface area (Å²) in [6.07, 6.45) is 2.41. The molecule has 0 aromatic heterocycles. The van der Waals surface area contributed by atoms with Crippen LogP contribution in [0.1, 0.15) is 19.4 Å². The van der Waals surface area contributed by atoms with Crippen molar-refractivity contribution in [1.29, 1.82) is 0 Å². The molecule has 0 fully saturated rings. The van der Waals surface area contributed by atoms with Crippen LogP contribution in [0.5, 0.6) is 0 Å². The highest BCUT2D eigenvalue weighted by molar-refractivity contribution is 8.04. The van der Waals surface area contributed by atoms with Gasteiger partial charge < -0.3 is 0 Å². The van der Waals surface area contributed by atoms with E-state index in [0.29, 0.717) is 16.4 Å². The zero-order chi connectivity index (χ0) is 12.0. The van der Waals surface area contributed by atoms with Crippen LogP contribution in [0.2, 0.25) is 0 Å². The van der Waals surface area contributed by atoms with E-state index in [-0.39, 0.29) is 0 Å². The zero-order valence-corrected chi connectivity index (χ0v) is 11.8. The maximum Gasteiger partial charge on any atom is 0.0355 e. The largest absolute Gasteiger partial charge is 0.170 e. The highest BCUT2D eigenvalue weighted by atomic mass is 32.2. The van der Waals surface area contributed by atoms with Gasteiger partial charge in [0.1, 0.15) is 0 Å². The molecule has 1 aliphatic heterocycles. The minimum atomic E-state index is 0.418. The summed E-state index contributed by atoms with van der Waals surface area (Å²) in [5, 5.41) is 1.02. The van der Waals surface area contributed by atoms with Crippen LogP contribution in [-0.2, 0) is 0 Å². The predicted octanol–water partition coefficient (Wildman–Crippen LogP) is 4.41. The number of allylic oxidation sites excluding steroid dienone is 3. The van der Waals surface area contributed by atoms with Gasteiger partial charge in [-0.1, -0.05) is 42.0 Å². The van der Waals surface area contributed by atoms with Crippen molar-refractivity contribution in [2.24, 2.45) is 5.92 Å². The lowest BCUT2D eigenvalue weighted by Crippen LogP contribution is -2.17. The molecule has 0 saturated heterocycles. The van der Waals surface area contributed by atoms with Crippen molar-refractivity contribution in [2.45, 2.75) is 24.3 Å². The fourth-order valence-electron chi connectivity index (χ4n) is 2.83. The molecular formula is C15H16S2. The summed E-state index contributed by atoms with van der Waals surface area (Å²) >= 11 is 6.74. The molecule has 0 spiro atoms. The number of benzene rings is 1. The summed E-state index contributed by atoms with van der Waals surface area (Å²) < 4.78 is 0. The van der Waals surface area contributed by atoms with Crippen LogP contribution in [0.4, 0.5) is 0 Å². The SMILES string of the molecule is CC1=CC2C(c3ccccc3)=C(C)SC2C1S. The van der Waals surface area contributed by atoms with Gasteiger partial charge in [-0.15, -0.1) is 11.8 Å². The summed E-state index contributed by atoms with van der Waals surface area (Å²) in [5.41, 5.74) is 4.31. The molecule has 88 valence electrons.